The summed E-state index contributed by atoms with van der Waals surface area (Å²) < 4.78 is 12.4. The Balaban J connectivity index is 2.47. The number of halogens is 2. The third-order valence-electron chi connectivity index (χ3n) is 2.68. The summed E-state index contributed by atoms with van der Waals surface area (Å²) in [6, 6.07) is 0. The molecule has 0 radical (unpaired) electrons. The molecule has 0 aliphatic carbocycles. The second-order valence-electron chi connectivity index (χ2n) is 3.82. The molecular formula is C10H17ClFNO. The van der Waals surface area contributed by atoms with Crippen molar-refractivity contribution >= 4 is 17.5 Å². The fourth-order valence-electron chi connectivity index (χ4n) is 1.76. The number of piperidine rings is 1. The van der Waals surface area contributed by atoms with Gasteiger partial charge in [-0.15, -0.1) is 11.6 Å². The Kier molecular flexibility index (Phi) is 4.66. The molecule has 1 saturated heterocycles. The van der Waals surface area contributed by atoms with Gasteiger partial charge in [-0.25, -0.2) is 0 Å². The second kappa shape index (κ2) is 5.54. The molecule has 0 saturated carbocycles. The number of nitrogens with zero attached hydrogens (tertiary/aromatic N) is 1. The summed E-state index contributed by atoms with van der Waals surface area (Å²) in [6.07, 6.45) is 2.42. The van der Waals surface area contributed by atoms with Gasteiger partial charge in [-0.3, -0.25) is 9.18 Å². The van der Waals surface area contributed by atoms with Crippen LogP contribution in [0.25, 0.3) is 0 Å². The molecule has 1 fully saturated rings. The zero-order valence-electron chi connectivity index (χ0n) is 8.51. The van der Waals surface area contributed by atoms with E-state index in [4.69, 9.17) is 11.6 Å². The van der Waals surface area contributed by atoms with Crippen LogP contribution in [-0.4, -0.2) is 35.9 Å². The normalized spacial score (nSPS) is 24.8. The Labute approximate surface area is 89.4 Å². The van der Waals surface area contributed by atoms with Crippen molar-refractivity contribution < 1.29 is 9.18 Å². The van der Waals surface area contributed by atoms with E-state index in [1.807, 2.05) is 6.92 Å². The first-order valence-corrected chi connectivity index (χ1v) is 5.61. The number of rotatable bonds is 3. The van der Waals surface area contributed by atoms with E-state index in [0.717, 1.165) is 19.4 Å². The summed E-state index contributed by atoms with van der Waals surface area (Å²) in [7, 11) is 0. The van der Waals surface area contributed by atoms with Gasteiger partial charge < -0.3 is 4.90 Å². The third-order valence-corrected chi connectivity index (χ3v) is 3.17. The highest BCUT2D eigenvalue weighted by Crippen LogP contribution is 2.19. The van der Waals surface area contributed by atoms with Gasteiger partial charge in [0.15, 0.2) is 0 Å². The van der Waals surface area contributed by atoms with Crippen LogP contribution in [0.3, 0.4) is 0 Å². The van der Waals surface area contributed by atoms with Crippen LogP contribution < -0.4 is 0 Å². The molecule has 1 aliphatic heterocycles. The molecule has 0 aromatic heterocycles. The van der Waals surface area contributed by atoms with Crippen LogP contribution in [0.5, 0.6) is 0 Å². The number of alkyl halides is 2. The van der Waals surface area contributed by atoms with Crippen LogP contribution in [0, 0.1) is 5.92 Å². The molecule has 0 bridgehead atoms. The fourth-order valence-corrected chi connectivity index (χ4v) is 1.90. The SMILES string of the molecule is CCC(Cl)C(=O)N1CCCC(CF)C1. The highest BCUT2D eigenvalue weighted by molar-refractivity contribution is 6.30. The van der Waals surface area contributed by atoms with Crippen LogP contribution in [0.2, 0.25) is 0 Å². The molecular weight excluding hydrogens is 205 g/mol. The molecule has 2 nitrogen and oxygen atoms in total. The topological polar surface area (TPSA) is 20.3 Å². The highest BCUT2D eigenvalue weighted by Gasteiger charge is 2.26. The quantitative estimate of drug-likeness (QED) is 0.670. The van der Waals surface area contributed by atoms with Crippen molar-refractivity contribution in [2.75, 3.05) is 19.8 Å². The van der Waals surface area contributed by atoms with Crippen molar-refractivity contribution in [1.82, 2.24) is 4.90 Å². The van der Waals surface area contributed by atoms with Crippen LogP contribution in [0.15, 0.2) is 0 Å². The van der Waals surface area contributed by atoms with Crippen molar-refractivity contribution in [3.8, 4) is 0 Å². The monoisotopic (exact) mass is 221 g/mol. The lowest BCUT2D eigenvalue weighted by Gasteiger charge is -2.32. The van der Waals surface area contributed by atoms with Gasteiger partial charge in [0.05, 0.1) is 6.67 Å². The van der Waals surface area contributed by atoms with Crippen LogP contribution in [0.1, 0.15) is 26.2 Å². The molecule has 0 N–H and O–H groups in total. The maximum atomic E-state index is 12.4. The zero-order chi connectivity index (χ0) is 10.6. The highest BCUT2D eigenvalue weighted by atomic mass is 35.5. The van der Waals surface area contributed by atoms with E-state index in [-0.39, 0.29) is 18.5 Å². The number of hydrogen-bond acceptors (Lipinski definition) is 1. The number of carbonyl (C=O) groups excluding carboxylic acids is 1. The standard InChI is InChI=1S/C10H17ClFNO/c1-2-9(11)10(14)13-5-3-4-8(6-12)7-13/h8-9H,2-7H2,1H3. The van der Waals surface area contributed by atoms with Crippen LogP contribution in [-0.2, 0) is 4.79 Å². The molecule has 2 atom stereocenters. The van der Waals surface area contributed by atoms with Crippen molar-refractivity contribution in [3.05, 3.63) is 0 Å². The molecule has 2 unspecified atom stereocenters. The molecule has 82 valence electrons. The summed E-state index contributed by atoms with van der Waals surface area (Å²) in [6.45, 7) is 2.83. The number of likely N-dealkylation sites (tertiary alicyclic amines) is 1. The van der Waals surface area contributed by atoms with E-state index in [2.05, 4.69) is 0 Å². The smallest absolute Gasteiger partial charge is 0.240 e. The van der Waals surface area contributed by atoms with Gasteiger partial charge in [0.2, 0.25) is 5.91 Å². The molecule has 1 rings (SSSR count). The van der Waals surface area contributed by atoms with E-state index < -0.39 is 5.38 Å². The maximum Gasteiger partial charge on any atom is 0.240 e. The molecule has 0 aromatic carbocycles. The van der Waals surface area contributed by atoms with Gasteiger partial charge in [0.1, 0.15) is 5.38 Å². The maximum absolute atomic E-state index is 12.4. The van der Waals surface area contributed by atoms with E-state index in [1.165, 1.54) is 0 Å². The summed E-state index contributed by atoms with van der Waals surface area (Å²) in [5, 5.41) is -0.437. The average molecular weight is 222 g/mol. The number of carbonyl (C=O) groups is 1. The van der Waals surface area contributed by atoms with Crippen molar-refractivity contribution in [3.63, 3.8) is 0 Å². The largest absolute Gasteiger partial charge is 0.341 e. The Hall–Kier alpha value is -0.310. The first kappa shape index (κ1) is 11.8. The van der Waals surface area contributed by atoms with Crippen molar-refractivity contribution in [2.45, 2.75) is 31.6 Å². The second-order valence-corrected chi connectivity index (χ2v) is 4.35. The van der Waals surface area contributed by atoms with Gasteiger partial charge in [0.25, 0.3) is 0 Å². The Bertz CT molecular complexity index is 201. The lowest BCUT2D eigenvalue weighted by Crippen LogP contribution is -2.43. The summed E-state index contributed by atoms with van der Waals surface area (Å²) in [5.41, 5.74) is 0. The van der Waals surface area contributed by atoms with Crippen molar-refractivity contribution in [1.29, 1.82) is 0 Å². The molecule has 0 spiro atoms. The predicted molar refractivity (Wildman–Crippen MR) is 55.2 cm³/mol. The minimum Gasteiger partial charge on any atom is -0.341 e. The lowest BCUT2D eigenvalue weighted by molar-refractivity contribution is -0.132. The lowest BCUT2D eigenvalue weighted by atomic mass is 9.99. The third kappa shape index (κ3) is 2.84. The number of amides is 1. The summed E-state index contributed by atoms with van der Waals surface area (Å²) in [4.78, 5) is 13.4. The van der Waals surface area contributed by atoms with E-state index in [1.54, 1.807) is 4.90 Å². The molecule has 4 heteroatoms. The Morgan fingerprint density at radius 3 is 3.00 bits per heavy atom. The zero-order valence-corrected chi connectivity index (χ0v) is 9.26. The van der Waals surface area contributed by atoms with Crippen LogP contribution >= 0.6 is 11.6 Å². The molecule has 1 aliphatic rings. The van der Waals surface area contributed by atoms with Gasteiger partial charge >= 0.3 is 0 Å². The van der Waals surface area contributed by atoms with E-state index in [0.29, 0.717) is 13.0 Å². The first-order chi connectivity index (χ1) is 6.69. The average Bonchev–Trinajstić information content (AvgIpc) is 2.27. The molecule has 1 heterocycles. The van der Waals surface area contributed by atoms with E-state index >= 15 is 0 Å². The fraction of sp³-hybridized carbons (Fsp3) is 0.900. The minimum atomic E-state index is -0.437. The number of hydrogen-bond donors (Lipinski definition) is 0. The molecule has 14 heavy (non-hydrogen) atoms. The molecule has 0 aromatic rings. The van der Waals surface area contributed by atoms with Gasteiger partial charge in [-0.2, -0.15) is 0 Å². The minimum absolute atomic E-state index is 0.0217. The summed E-state index contributed by atoms with van der Waals surface area (Å²) >= 11 is 5.86. The predicted octanol–water partition coefficient (Wildman–Crippen LogP) is 2.21. The Morgan fingerprint density at radius 1 is 1.71 bits per heavy atom. The van der Waals surface area contributed by atoms with Crippen molar-refractivity contribution in [2.24, 2.45) is 5.92 Å². The van der Waals surface area contributed by atoms with Gasteiger partial charge in [-0.1, -0.05) is 6.92 Å². The molecule has 1 amide bonds. The van der Waals surface area contributed by atoms with Gasteiger partial charge in [0, 0.05) is 19.0 Å². The Morgan fingerprint density at radius 2 is 2.43 bits per heavy atom. The van der Waals surface area contributed by atoms with Gasteiger partial charge in [-0.05, 0) is 19.3 Å². The first-order valence-electron chi connectivity index (χ1n) is 5.17. The van der Waals surface area contributed by atoms with Crippen LogP contribution in [0.4, 0.5) is 4.39 Å². The summed E-state index contributed by atoms with van der Waals surface area (Å²) in [5.74, 6) is -0.0132. The van der Waals surface area contributed by atoms with E-state index in [9.17, 15) is 9.18 Å².